The van der Waals surface area contributed by atoms with Gasteiger partial charge >= 0.3 is 18.0 Å². The number of hydrogen-bond donors (Lipinski definition) is 1. The molecule has 1 fully saturated rings. The minimum atomic E-state index is -0.784. The first-order valence-corrected chi connectivity index (χ1v) is 6.93. The highest BCUT2D eigenvalue weighted by molar-refractivity contribution is 5.84. The van der Waals surface area contributed by atoms with E-state index in [1.165, 1.54) is 14.2 Å². The van der Waals surface area contributed by atoms with Crippen molar-refractivity contribution in [3.8, 4) is 12.0 Å². The Morgan fingerprint density at radius 3 is 2.19 bits per heavy atom. The molecule has 1 saturated carbocycles. The van der Waals surface area contributed by atoms with Gasteiger partial charge in [0.15, 0.2) is 0 Å². The Hall–Kier alpha value is -2.12. The summed E-state index contributed by atoms with van der Waals surface area (Å²) in [6, 6.07) is 0.253. The summed E-state index contributed by atoms with van der Waals surface area (Å²) >= 11 is 0. The fourth-order valence-electron chi connectivity index (χ4n) is 2.42. The molecule has 1 heterocycles. The van der Waals surface area contributed by atoms with Gasteiger partial charge < -0.3 is 19.5 Å². The van der Waals surface area contributed by atoms with Crippen molar-refractivity contribution < 1.29 is 19.0 Å². The monoisotopic (exact) mass is 296 g/mol. The van der Waals surface area contributed by atoms with Gasteiger partial charge in [0.1, 0.15) is 5.54 Å². The van der Waals surface area contributed by atoms with E-state index in [4.69, 9.17) is 14.2 Å². The van der Waals surface area contributed by atoms with E-state index in [0.717, 1.165) is 12.8 Å². The average molecular weight is 296 g/mol. The number of aromatic nitrogens is 3. The Labute approximate surface area is 123 Å². The number of carbonyl (C=O) groups is 1. The van der Waals surface area contributed by atoms with E-state index in [1.807, 2.05) is 0 Å². The SMILES string of the molecule is CCOC(=O)C1(Nc2nc(OC)nc(OC)n2)CCCC1. The number of carbonyl (C=O) groups excluding carboxylic acids is 1. The maximum absolute atomic E-state index is 12.3. The molecule has 1 aliphatic carbocycles. The van der Waals surface area contributed by atoms with Gasteiger partial charge in [0, 0.05) is 0 Å². The highest BCUT2D eigenvalue weighted by atomic mass is 16.5. The molecule has 0 bridgehead atoms. The molecule has 0 saturated heterocycles. The predicted octanol–water partition coefficient (Wildman–Crippen LogP) is 1.18. The van der Waals surface area contributed by atoms with E-state index in [1.54, 1.807) is 6.92 Å². The van der Waals surface area contributed by atoms with E-state index in [9.17, 15) is 4.79 Å². The van der Waals surface area contributed by atoms with Crippen LogP contribution in [0.1, 0.15) is 32.6 Å². The fraction of sp³-hybridized carbons (Fsp3) is 0.692. The molecule has 8 nitrogen and oxygen atoms in total. The molecule has 0 radical (unpaired) electrons. The number of esters is 1. The molecule has 21 heavy (non-hydrogen) atoms. The molecule has 0 atom stereocenters. The second-order valence-electron chi connectivity index (χ2n) is 4.77. The van der Waals surface area contributed by atoms with E-state index in [-0.39, 0.29) is 23.9 Å². The van der Waals surface area contributed by atoms with E-state index in [0.29, 0.717) is 19.4 Å². The first kappa shape index (κ1) is 15.3. The van der Waals surface area contributed by atoms with Gasteiger partial charge in [-0.3, -0.25) is 0 Å². The van der Waals surface area contributed by atoms with Gasteiger partial charge in [-0.15, -0.1) is 4.98 Å². The molecular formula is C13H20N4O4. The van der Waals surface area contributed by atoms with Gasteiger partial charge in [0.2, 0.25) is 5.95 Å². The van der Waals surface area contributed by atoms with Crippen LogP contribution in [0, 0.1) is 0 Å². The smallest absolute Gasteiger partial charge is 0.331 e. The molecule has 1 N–H and O–H groups in total. The lowest BCUT2D eigenvalue weighted by Crippen LogP contribution is -2.45. The summed E-state index contributed by atoms with van der Waals surface area (Å²) in [6.07, 6.45) is 3.26. The van der Waals surface area contributed by atoms with Crippen molar-refractivity contribution >= 4 is 11.9 Å². The zero-order valence-electron chi connectivity index (χ0n) is 12.5. The second-order valence-corrected chi connectivity index (χ2v) is 4.77. The van der Waals surface area contributed by atoms with Crippen LogP contribution in [0.25, 0.3) is 0 Å². The average Bonchev–Trinajstić information content (AvgIpc) is 2.96. The Kier molecular flexibility index (Phi) is 4.77. The normalized spacial score (nSPS) is 16.3. The molecule has 2 rings (SSSR count). The molecule has 0 amide bonds. The quantitative estimate of drug-likeness (QED) is 0.782. The number of hydrogen-bond acceptors (Lipinski definition) is 8. The van der Waals surface area contributed by atoms with Crippen LogP contribution in [0.4, 0.5) is 5.95 Å². The summed E-state index contributed by atoms with van der Waals surface area (Å²) in [5, 5.41) is 3.09. The van der Waals surface area contributed by atoms with Gasteiger partial charge in [-0.2, -0.15) is 9.97 Å². The lowest BCUT2D eigenvalue weighted by atomic mass is 9.98. The van der Waals surface area contributed by atoms with Gasteiger partial charge in [-0.1, -0.05) is 12.8 Å². The van der Waals surface area contributed by atoms with Crippen molar-refractivity contribution in [2.24, 2.45) is 0 Å². The maximum Gasteiger partial charge on any atom is 0.331 e. The first-order chi connectivity index (χ1) is 10.1. The predicted molar refractivity (Wildman–Crippen MR) is 74.4 cm³/mol. The topological polar surface area (TPSA) is 95.5 Å². The summed E-state index contributed by atoms with van der Waals surface area (Å²) in [6.45, 7) is 2.13. The van der Waals surface area contributed by atoms with Crippen LogP contribution in [-0.4, -0.2) is 47.3 Å². The number of rotatable bonds is 6. The van der Waals surface area contributed by atoms with Gasteiger partial charge in [0.25, 0.3) is 0 Å². The maximum atomic E-state index is 12.3. The molecule has 0 aliphatic heterocycles. The highest BCUT2D eigenvalue weighted by Crippen LogP contribution is 2.34. The van der Waals surface area contributed by atoms with Crippen LogP contribution in [0.5, 0.6) is 12.0 Å². The van der Waals surface area contributed by atoms with Crippen molar-refractivity contribution in [1.82, 2.24) is 15.0 Å². The van der Waals surface area contributed by atoms with E-state index >= 15 is 0 Å². The van der Waals surface area contributed by atoms with Crippen molar-refractivity contribution in [3.63, 3.8) is 0 Å². The molecule has 8 heteroatoms. The van der Waals surface area contributed by atoms with Crippen LogP contribution in [0.3, 0.4) is 0 Å². The summed E-state index contributed by atoms with van der Waals surface area (Å²) < 4.78 is 15.2. The lowest BCUT2D eigenvalue weighted by Gasteiger charge is -2.27. The zero-order chi connectivity index (χ0) is 15.3. The third kappa shape index (κ3) is 3.32. The number of nitrogens with zero attached hydrogens (tertiary/aromatic N) is 3. The van der Waals surface area contributed by atoms with E-state index in [2.05, 4.69) is 20.3 Å². The molecule has 0 spiro atoms. The second kappa shape index (κ2) is 6.55. The third-order valence-electron chi connectivity index (χ3n) is 3.43. The Balaban J connectivity index is 2.26. The van der Waals surface area contributed by atoms with Crippen LogP contribution >= 0.6 is 0 Å². The van der Waals surface area contributed by atoms with E-state index < -0.39 is 5.54 Å². The molecular weight excluding hydrogens is 276 g/mol. The number of methoxy groups -OCH3 is 2. The standard InChI is InChI=1S/C13H20N4O4/c1-4-21-9(18)13(7-5-6-8-13)17-10-14-11(19-2)16-12(15-10)20-3/h4-8H2,1-3H3,(H,14,15,16,17). The van der Waals surface area contributed by atoms with Crippen LogP contribution in [0.2, 0.25) is 0 Å². The zero-order valence-corrected chi connectivity index (χ0v) is 12.5. The van der Waals surface area contributed by atoms with Gasteiger partial charge in [0.05, 0.1) is 20.8 Å². The fourth-order valence-corrected chi connectivity index (χ4v) is 2.42. The van der Waals surface area contributed by atoms with Crippen LogP contribution in [-0.2, 0) is 9.53 Å². The van der Waals surface area contributed by atoms with Crippen molar-refractivity contribution in [2.75, 3.05) is 26.1 Å². The minimum Gasteiger partial charge on any atom is -0.467 e. The first-order valence-electron chi connectivity index (χ1n) is 6.93. The number of anilines is 1. The summed E-state index contributed by atoms with van der Waals surface area (Å²) in [7, 11) is 2.91. The summed E-state index contributed by atoms with van der Waals surface area (Å²) in [5.41, 5.74) is -0.784. The van der Waals surface area contributed by atoms with Crippen molar-refractivity contribution in [2.45, 2.75) is 38.1 Å². The summed E-state index contributed by atoms with van der Waals surface area (Å²) in [4.78, 5) is 24.4. The highest BCUT2D eigenvalue weighted by Gasteiger charge is 2.43. The molecule has 1 aromatic rings. The molecule has 0 aromatic carbocycles. The lowest BCUT2D eigenvalue weighted by molar-refractivity contribution is -0.148. The number of ether oxygens (including phenoxy) is 3. The van der Waals surface area contributed by atoms with Crippen LogP contribution < -0.4 is 14.8 Å². The molecule has 1 aliphatic rings. The minimum absolute atomic E-state index is 0.126. The summed E-state index contributed by atoms with van der Waals surface area (Å²) in [5.74, 6) is -0.0329. The Morgan fingerprint density at radius 1 is 1.14 bits per heavy atom. The molecule has 0 unspecified atom stereocenters. The van der Waals surface area contributed by atoms with Gasteiger partial charge in [-0.05, 0) is 19.8 Å². The molecule has 1 aromatic heterocycles. The van der Waals surface area contributed by atoms with Crippen molar-refractivity contribution in [3.05, 3.63) is 0 Å². The third-order valence-corrected chi connectivity index (χ3v) is 3.43. The van der Waals surface area contributed by atoms with Gasteiger partial charge in [-0.25, -0.2) is 4.79 Å². The van der Waals surface area contributed by atoms with Crippen LogP contribution in [0.15, 0.2) is 0 Å². The van der Waals surface area contributed by atoms with Crippen molar-refractivity contribution in [1.29, 1.82) is 0 Å². The largest absolute Gasteiger partial charge is 0.467 e. The number of nitrogens with one attached hydrogen (secondary N) is 1. The molecule has 116 valence electrons. The Bertz CT molecular complexity index is 481. The Morgan fingerprint density at radius 2 is 1.71 bits per heavy atom.